The Morgan fingerprint density at radius 1 is 1.03 bits per heavy atom. The lowest BCUT2D eigenvalue weighted by molar-refractivity contribution is -0.119. The van der Waals surface area contributed by atoms with Crippen molar-refractivity contribution in [3.8, 4) is 0 Å². The SMILES string of the molecule is Cl.Cn1cc(C2=CC(=O)N(c3cn4c5c(cccc35)CC(CN)C4)C2=O)c2ccccc21. The molecule has 2 aliphatic heterocycles. The van der Waals surface area contributed by atoms with E-state index in [0.29, 0.717) is 23.7 Å². The van der Waals surface area contributed by atoms with Crippen LogP contribution in [0.15, 0.2) is 60.9 Å². The Balaban J connectivity index is 0.00000216. The quantitative estimate of drug-likeness (QED) is 0.488. The van der Waals surface area contributed by atoms with Gasteiger partial charge in [0.1, 0.15) is 0 Å². The molecule has 7 heteroatoms. The summed E-state index contributed by atoms with van der Waals surface area (Å²) in [5.41, 5.74) is 11.2. The molecule has 0 bridgehead atoms. The maximum Gasteiger partial charge on any atom is 0.266 e. The van der Waals surface area contributed by atoms with E-state index in [9.17, 15) is 9.59 Å². The number of benzene rings is 2. The lowest BCUT2D eigenvalue weighted by Gasteiger charge is -2.23. The Hall–Kier alpha value is -3.35. The fraction of sp³-hybridized carbons (Fsp3) is 0.200. The highest BCUT2D eigenvalue weighted by Gasteiger charge is 2.36. The maximum absolute atomic E-state index is 13.5. The number of carbonyl (C=O) groups excluding carboxylic acids is 2. The molecule has 2 aliphatic rings. The van der Waals surface area contributed by atoms with Crippen molar-refractivity contribution in [3.63, 3.8) is 0 Å². The van der Waals surface area contributed by atoms with Crippen LogP contribution in [-0.4, -0.2) is 27.5 Å². The highest BCUT2D eigenvalue weighted by Crippen LogP contribution is 2.39. The summed E-state index contributed by atoms with van der Waals surface area (Å²) in [6, 6.07) is 14.0. The monoisotopic (exact) mass is 446 g/mol. The minimum atomic E-state index is -0.299. The van der Waals surface area contributed by atoms with Crippen LogP contribution in [0.5, 0.6) is 0 Å². The number of aromatic nitrogens is 2. The average Bonchev–Trinajstić information content (AvgIpc) is 3.40. The third-order valence-corrected chi connectivity index (χ3v) is 6.61. The molecule has 162 valence electrons. The molecule has 1 atom stereocenters. The molecule has 4 aromatic rings. The van der Waals surface area contributed by atoms with Gasteiger partial charge in [-0.25, -0.2) is 4.90 Å². The molecule has 0 radical (unpaired) electrons. The van der Waals surface area contributed by atoms with Crippen LogP contribution in [0.1, 0.15) is 11.1 Å². The number of rotatable bonds is 3. The molecule has 4 heterocycles. The van der Waals surface area contributed by atoms with Crippen molar-refractivity contribution in [2.24, 2.45) is 18.7 Å². The summed E-state index contributed by atoms with van der Waals surface area (Å²) in [7, 11) is 1.95. The van der Waals surface area contributed by atoms with E-state index in [1.54, 1.807) is 0 Å². The number of para-hydroxylation sites is 2. The summed E-state index contributed by atoms with van der Waals surface area (Å²) in [5, 5.41) is 1.90. The number of nitrogens with zero attached hydrogens (tertiary/aromatic N) is 3. The summed E-state index contributed by atoms with van der Waals surface area (Å²) in [5.74, 6) is -0.222. The van der Waals surface area contributed by atoms with Crippen LogP contribution in [0.2, 0.25) is 0 Å². The predicted molar refractivity (Wildman–Crippen MR) is 129 cm³/mol. The Labute approximate surface area is 191 Å². The number of hydrogen-bond acceptors (Lipinski definition) is 3. The fourth-order valence-corrected chi connectivity index (χ4v) is 5.17. The molecule has 6 nitrogen and oxygen atoms in total. The van der Waals surface area contributed by atoms with Crippen LogP contribution in [-0.2, 0) is 29.6 Å². The highest BCUT2D eigenvalue weighted by molar-refractivity contribution is 6.45. The third-order valence-electron chi connectivity index (χ3n) is 6.61. The molecular weight excluding hydrogens is 424 g/mol. The van der Waals surface area contributed by atoms with Crippen molar-refractivity contribution < 1.29 is 9.59 Å². The van der Waals surface area contributed by atoms with Crippen molar-refractivity contribution in [1.82, 2.24) is 9.13 Å². The zero-order chi connectivity index (χ0) is 21.3. The Morgan fingerprint density at radius 3 is 2.62 bits per heavy atom. The summed E-state index contributed by atoms with van der Waals surface area (Å²) in [4.78, 5) is 27.9. The fourth-order valence-electron chi connectivity index (χ4n) is 5.17. The molecule has 0 aliphatic carbocycles. The molecule has 0 saturated heterocycles. The summed E-state index contributed by atoms with van der Waals surface area (Å²) in [6.07, 6.45) is 6.25. The Kier molecular flexibility index (Phi) is 4.73. The number of imide groups is 1. The molecular formula is C25H23ClN4O2. The smallest absolute Gasteiger partial charge is 0.266 e. The zero-order valence-corrected chi connectivity index (χ0v) is 18.4. The van der Waals surface area contributed by atoms with Gasteiger partial charge in [-0.2, -0.15) is 0 Å². The molecule has 2 amide bonds. The molecule has 32 heavy (non-hydrogen) atoms. The van der Waals surface area contributed by atoms with Crippen LogP contribution in [0.25, 0.3) is 27.4 Å². The molecule has 0 saturated carbocycles. The van der Waals surface area contributed by atoms with Crippen molar-refractivity contribution in [1.29, 1.82) is 0 Å². The summed E-state index contributed by atoms with van der Waals surface area (Å²) < 4.78 is 4.14. The number of fused-ring (bicyclic) bond motifs is 1. The predicted octanol–water partition coefficient (Wildman–Crippen LogP) is 3.64. The minimum absolute atomic E-state index is 0. The maximum atomic E-state index is 13.5. The van der Waals surface area contributed by atoms with E-state index in [1.807, 2.05) is 60.4 Å². The van der Waals surface area contributed by atoms with Gasteiger partial charge in [0, 0.05) is 53.9 Å². The molecule has 2 aromatic carbocycles. The summed E-state index contributed by atoms with van der Waals surface area (Å²) >= 11 is 0. The van der Waals surface area contributed by atoms with Gasteiger partial charge in [-0.05, 0) is 30.5 Å². The van der Waals surface area contributed by atoms with E-state index in [-0.39, 0.29) is 24.2 Å². The largest absolute Gasteiger partial charge is 0.350 e. The first kappa shape index (κ1) is 20.5. The first-order valence-electron chi connectivity index (χ1n) is 10.5. The lowest BCUT2D eigenvalue weighted by Crippen LogP contribution is -2.30. The van der Waals surface area contributed by atoms with E-state index in [2.05, 4.69) is 10.6 Å². The number of halogens is 1. The Morgan fingerprint density at radius 2 is 1.81 bits per heavy atom. The van der Waals surface area contributed by atoms with Gasteiger partial charge in [-0.1, -0.05) is 36.4 Å². The van der Waals surface area contributed by atoms with Crippen LogP contribution in [0.4, 0.5) is 5.69 Å². The second-order valence-corrected chi connectivity index (χ2v) is 8.49. The highest BCUT2D eigenvalue weighted by atomic mass is 35.5. The van der Waals surface area contributed by atoms with E-state index in [1.165, 1.54) is 16.5 Å². The van der Waals surface area contributed by atoms with Gasteiger partial charge in [0.05, 0.1) is 16.8 Å². The average molecular weight is 447 g/mol. The van der Waals surface area contributed by atoms with Crippen molar-refractivity contribution in [2.75, 3.05) is 11.4 Å². The second-order valence-electron chi connectivity index (χ2n) is 8.49. The van der Waals surface area contributed by atoms with Gasteiger partial charge in [0.15, 0.2) is 0 Å². The van der Waals surface area contributed by atoms with Gasteiger partial charge in [-0.15, -0.1) is 12.4 Å². The van der Waals surface area contributed by atoms with Crippen LogP contribution in [0, 0.1) is 5.92 Å². The lowest BCUT2D eigenvalue weighted by atomic mass is 9.94. The number of hydrogen-bond donors (Lipinski definition) is 1. The molecule has 6 rings (SSSR count). The standard InChI is InChI=1S/C25H22N4O2.ClH/c1-27-13-20(17-6-2-3-8-21(17)27)19-10-23(30)29(25(19)31)22-14-28-12-15(11-26)9-16-5-4-7-18(22)24(16)28;/h2-8,10,13-15H,9,11-12,26H2,1H3;1H. The number of nitrogens with two attached hydrogens (primary N) is 1. The minimum Gasteiger partial charge on any atom is -0.350 e. The van der Waals surface area contributed by atoms with E-state index < -0.39 is 0 Å². The van der Waals surface area contributed by atoms with Gasteiger partial charge >= 0.3 is 0 Å². The molecule has 1 unspecified atom stereocenters. The van der Waals surface area contributed by atoms with Gasteiger partial charge in [-0.3, -0.25) is 9.59 Å². The topological polar surface area (TPSA) is 73.3 Å². The van der Waals surface area contributed by atoms with Gasteiger partial charge < -0.3 is 14.9 Å². The van der Waals surface area contributed by atoms with Crippen LogP contribution >= 0.6 is 12.4 Å². The van der Waals surface area contributed by atoms with E-state index in [4.69, 9.17) is 5.73 Å². The van der Waals surface area contributed by atoms with E-state index >= 15 is 0 Å². The molecule has 0 fully saturated rings. The molecule has 2 aromatic heterocycles. The molecule has 0 spiro atoms. The number of amides is 2. The zero-order valence-electron chi connectivity index (χ0n) is 17.6. The van der Waals surface area contributed by atoms with Crippen LogP contribution in [0.3, 0.4) is 0 Å². The van der Waals surface area contributed by atoms with Crippen molar-refractivity contribution >= 4 is 57.3 Å². The number of aryl methyl sites for hydroxylation is 1. The number of anilines is 1. The molecule has 2 N–H and O–H groups in total. The van der Waals surface area contributed by atoms with Gasteiger partial charge in [0.2, 0.25) is 0 Å². The van der Waals surface area contributed by atoms with Crippen molar-refractivity contribution in [2.45, 2.75) is 13.0 Å². The number of carbonyl (C=O) groups is 2. The van der Waals surface area contributed by atoms with Gasteiger partial charge in [0.25, 0.3) is 11.8 Å². The van der Waals surface area contributed by atoms with Crippen molar-refractivity contribution in [3.05, 3.63) is 72.1 Å². The Bertz CT molecular complexity index is 1450. The van der Waals surface area contributed by atoms with Crippen LogP contribution < -0.4 is 10.6 Å². The summed E-state index contributed by atoms with van der Waals surface area (Å²) in [6.45, 7) is 1.40. The normalized spacial score (nSPS) is 17.9. The second kappa shape index (κ2) is 7.36. The van der Waals surface area contributed by atoms with E-state index in [0.717, 1.165) is 40.3 Å². The first-order chi connectivity index (χ1) is 15.1. The third kappa shape index (κ3) is 2.76. The first-order valence-corrected chi connectivity index (χ1v) is 10.5.